The molecule has 0 radical (unpaired) electrons. The normalized spacial score (nSPS) is 10.6. The summed E-state index contributed by atoms with van der Waals surface area (Å²) in [5, 5.41) is 10.6. The van der Waals surface area contributed by atoms with Crippen LogP contribution in [0.5, 0.6) is 0 Å². The lowest BCUT2D eigenvalue weighted by Crippen LogP contribution is -2.28. The minimum atomic E-state index is -0.452. The Labute approximate surface area is 128 Å². The van der Waals surface area contributed by atoms with E-state index < -0.39 is 4.92 Å². The number of para-hydroxylation sites is 1. The van der Waals surface area contributed by atoms with E-state index in [0.717, 1.165) is 11.3 Å². The van der Waals surface area contributed by atoms with Crippen LogP contribution in [0.1, 0.15) is 12.5 Å². The van der Waals surface area contributed by atoms with Crippen LogP contribution >= 0.6 is 0 Å². The lowest BCUT2D eigenvalue weighted by molar-refractivity contribution is -0.384. The summed E-state index contributed by atoms with van der Waals surface area (Å²) in [6.07, 6.45) is 3.12. The zero-order valence-electron chi connectivity index (χ0n) is 12.2. The van der Waals surface area contributed by atoms with E-state index >= 15 is 0 Å². The van der Waals surface area contributed by atoms with Crippen LogP contribution in [0, 0.1) is 10.1 Å². The molecule has 22 heavy (non-hydrogen) atoms. The van der Waals surface area contributed by atoms with Crippen molar-refractivity contribution in [2.24, 2.45) is 0 Å². The summed E-state index contributed by atoms with van der Waals surface area (Å²) in [7, 11) is 0. The standard InChI is InChI=1S/C17H16N2O3/c1-2-18(15-6-4-3-5-7-15)17(20)13-10-14-8-11-16(12-9-14)19(21)22/h3-13H,2H2,1H3/b13-10+. The number of carbonyl (C=O) groups excluding carboxylic acids is 1. The number of nitro benzene ring substituents is 1. The largest absolute Gasteiger partial charge is 0.309 e. The third-order valence-corrected chi connectivity index (χ3v) is 3.17. The highest BCUT2D eigenvalue weighted by Crippen LogP contribution is 2.15. The van der Waals surface area contributed by atoms with Gasteiger partial charge < -0.3 is 4.90 Å². The molecule has 112 valence electrons. The fourth-order valence-electron chi connectivity index (χ4n) is 2.04. The zero-order chi connectivity index (χ0) is 15.9. The highest BCUT2D eigenvalue weighted by molar-refractivity contribution is 6.03. The maximum atomic E-state index is 12.3. The van der Waals surface area contributed by atoms with Gasteiger partial charge in [0.25, 0.3) is 11.6 Å². The summed E-state index contributed by atoms with van der Waals surface area (Å²) in [5.41, 5.74) is 1.61. The number of nitrogens with zero attached hydrogens (tertiary/aromatic N) is 2. The number of rotatable bonds is 5. The molecule has 0 saturated carbocycles. The number of hydrogen-bond acceptors (Lipinski definition) is 3. The first-order chi connectivity index (χ1) is 10.6. The molecular weight excluding hydrogens is 280 g/mol. The molecule has 0 fully saturated rings. The Kier molecular flexibility index (Phi) is 5.03. The average Bonchev–Trinajstić information content (AvgIpc) is 2.55. The predicted molar refractivity (Wildman–Crippen MR) is 86.6 cm³/mol. The lowest BCUT2D eigenvalue weighted by atomic mass is 10.2. The molecular formula is C17H16N2O3. The first kappa shape index (κ1) is 15.4. The van der Waals surface area contributed by atoms with E-state index in [0.29, 0.717) is 6.54 Å². The first-order valence-electron chi connectivity index (χ1n) is 6.91. The van der Waals surface area contributed by atoms with Crippen molar-refractivity contribution in [3.05, 3.63) is 76.4 Å². The minimum absolute atomic E-state index is 0.0305. The minimum Gasteiger partial charge on any atom is -0.309 e. The van der Waals surface area contributed by atoms with Crippen LogP contribution in [0.3, 0.4) is 0 Å². The molecule has 2 aromatic rings. The molecule has 2 aromatic carbocycles. The van der Waals surface area contributed by atoms with Gasteiger partial charge in [-0.25, -0.2) is 0 Å². The molecule has 1 amide bonds. The van der Waals surface area contributed by atoms with Crippen molar-refractivity contribution >= 4 is 23.4 Å². The van der Waals surface area contributed by atoms with Gasteiger partial charge in [-0.05, 0) is 42.8 Å². The van der Waals surface area contributed by atoms with E-state index in [2.05, 4.69) is 0 Å². The summed E-state index contributed by atoms with van der Waals surface area (Å²) in [5.74, 6) is -0.132. The Balaban J connectivity index is 2.11. The Morgan fingerprint density at radius 1 is 1.14 bits per heavy atom. The molecule has 2 rings (SSSR count). The molecule has 0 aliphatic rings. The number of likely N-dealkylation sites (N-methyl/N-ethyl adjacent to an activating group) is 1. The molecule has 0 spiro atoms. The Hall–Kier alpha value is -2.95. The van der Waals surface area contributed by atoms with E-state index in [9.17, 15) is 14.9 Å². The summed E-state index contributed by atoms with van der Waals surface area (Å²) in [6, 6.07) is 15.5. The Bertz CT molecular complexity index is 679. The second-order valence-corrected chi connectivity index (χ2v) is 4.60. The van der Waals surface area contributed by atoms with Gasteiger partial charge in [0.05, 0.1) is 4.92 Å². The highest BCUT2D eigenvalue weighted by atomic mass is 16.6. The maximum absolute atomic E-state index is 12.3. The number of hydrogen-bond donors (Lipinski definition) is 0. The summed E-state index contributed by atoms with van der Waals surface area (Å²) in [4.78, 5) is 24.0. The summed E-state index contributed by atoms with van der Waals surface area (Å²) < 4.78 is 0. The van der Waals surface area contributed by atoms with Gasteiger partial charge in [0.15, 0.2) is 0 Å². The van der Waals surface area contributed by atoms with Gasteiger partial charge in [-0.15, -0.1) is 0 Å². The van der Waals surface area contributed by atoms with E-state index in [1.807, 2.05) is 37.3 Å². The monoisotopic (exact) mass is 296 g/mol. The number of non-ortho nitro benzene ring substituents is 1. The molecule has 0 heterocycles. The van der Waals surface area contributed by atoms with E-state index in [-0.39, 0.29) is 11.6 Å². The maximum Gasteiger partial charge on any atom is 0.269 e. The van der Waals surface area contributed by atoms with Crippen molar-refractivity contribution in [1.29, 1.82) is 0 Å². The van der Waals surface area contributed by atoms with Crippen LogP contribution in [0.2, 0.25) is 0 Å². The number of benzene rings is 2. The topological polar surface area (TPSA) is 63.5 Å². The second-order valence-electron chi connectivity index (χ2n) is 4.60. The fourth-order valence-corrected chi connectivity index (χ4v) is 2.04. The molecule has 0 N–H and O–H groups in total. The van der Waals surface area contributed by atoms with Gasteiger partial charge >= 0.3 is 0 Å². The van der Waals surface area contributed by atoms with Crippen molar-refractivity contribution in [3.63, 3.8) is 0 Å². The van der Waals surface area contributed by atoms with Gasteiger partial charge in [-0.2, -0.15) is 0 Å². The molecule has 0 aliphatic carbocycles. The lowest BCUT2D eigenvalue weighted by Gasteiger charge is -2.19. The van der Waals surface area contributed by atoms with Crippen molar-refractivity contribution in [3.8, 4) is 0 Å². The van der Waals surface area contributed by atoms with Crippen molar-refractivity contribution < 1.29 is 9.72 Å². The number of nitro groups is 1. The van der Waals surface area contributed by atoms with Crippen molar-refractivity contribution in [2.75, 3.05) is 11.4 Å². The van der Waals surface area contributed by atoms with Gasteiger partial charge in [-0.3, -0.25) is 14.9 Å². The number of anilines is 1. The Morgan fingerprint density at radius 3 is 2.32 bits per heavy atom. The molecule has 5 nitrogen and oxygen atoms in total. The van der Waals surface area contributed by atoms with Crippen LogP contribution in [0.25, 0.3) is 6.08 Å². The average molecular weight is 296 g/mol. The SMILES string of the molecule is CCN(C(=O)/C=C/c1ccc([N+](=O)[O-])cc1)c1ccccc1. The van der Waals surface area contributed by atoms with Crippen LogP contribution in [-0.2, 0) is 4.79 Å². The van der Waals surface area contributed by atoms with Crippen LogP contribution in [0.15, 0.2) is 60.7 Å². The van der Waals surface area contributed by atoms with Crippen LogP contribution < -0.4 is 4.90 Å². The van der Waals surface area contributed by atoms with Crippen molar-refractivity contribution in [1.82, 2.24) is 0 Å². The fraction of sp³-hybridized carbons (Fsp3) is 0.118. The van der Waals surface area contributed by atoms with Crippen LogP contribution in [0.4, 0.5) is 11.4 Å². The molecule has 0 atom stereocenters. The summed E-state index contributed by atoms with van der Waals surface area (Å²) in [6.45, 7) is 2.47. The van der Waals surface area contributed by atoms with Gasteiger partial charge in [0.2, 0.25) is 0 Å². The van der Waals surface area contributed by atoms with Gasteiger partial charge in [0.1, 0.15) is 0 Å². The Morgan fingerprint density at radius 2 is 1.77 bits per heavy atom. The van der Waals surface area contributed by atoms with E-state index in [1.54, 1.807) is 23.1 Å². The van der Waals surface area contributed by atoms with Crippen LogP contribution in [-0.4, -0.2) is 17.4 Å². The molecule has 0 saturated heterocycles. The molecule has 0 aromatic heterocycles. The van der Waals surface area contributed by atoms with E-state index in [4.69, 9.17) is 0 Å². The first-order valence-corrected chi connectivity index (χ1v) is 6.91. The zero-order valence-corrected chi connectivity index (χ0v) is 12.2. The third-order valence-electron chi connectivity index (χ3n) is 3.17. The number of amides is 1. The molecule has 0 bridgehead atoms. The van der Waals surface area contributed by atoms with Gasteiger partial charge in [-0.1, -0.05) is 18.2 Å². The van der Waals surface area contributed by atoms with Gasteiger partial charge in [0, 0.05) is 30.4 Å². The molecule has 0 aliphatic heterocycles. The predicted octanol–water partition coefficient (Wildman–Crippen LogP) is 3.66. The van der Waals surface area contributed by atoms with Crippen molar-refractivity contribution in [2.45, 2.75) is 6.92 Å². The molecule has 5 heteroatoms. The van der Waals surface area contributed by atoms with E-state index in [1.165, 1.54) is 18.2 Å². The summed E-state index contributed by atoms with van der Waals surface area (Å²) >= 11 is 0. The smallest absolute Gasteiger partial charge is 0.269 e. The molecule has 0 unspecified atom stereocenters. The quantitative estimate of drug-likeness (QED) is 0.480. The highest BCUT2D eigenvalue weighted by Gasteiger charge is 2.10. The third kappa shape index (κ3) is 3.79. The number of carbonyl (C=O) groups is 1. The second kappa shape index (κ2) is 7.17.